The van der Waals surface area contributed by atoms with Crippen molar-refractivity contribution < 1.29 is 15.3 Å². The highest BCUT2D eigenvalue weighted by Crippen LogP contribution is 2.02. The van der Waals surface area contributed by atoms with E-state index in [1.165, 1.54) is 0 Å². The highest BCUT2D eigenvalue weighted by Gasteiger charge is 2.03. The molecule has 3 nitrogen and oxygen atoms in total. The fraction of sp³-hybridized carbons (Fsp3) is 1.00. The van der Waals surface area contributed by atoms with E-state index in [2.05, 4.69) is 0 Å². The van der Waals surface area contributed by atoms with Crippen molar-refractivity contribution in [3.8, 4) is 0 Å². The van der Waals surface area contributed by atoms with Gasteiger partial charge < -0.3 is 15.3 Å². The minimum absolute atomic E-state index is 0. The van der Waals surface area contributed by atoms with E-state index in [9.17, 15) is 0 Å². The van der Waals surface area contributed by atoms with E-state index in [0.29, 0.717) is 12.8 Å². The summed E-state index contributed by atoms with van der Waals surface area (Å²) in [4.78, 5) is 0. The second-order valence-corrected chi connectivity index (χ2v) is 2.10. The minimum atomic E-state index is -0.0443. The molecule has 4 heteroatoms. The highest BCUT2D eigenvalue weighted by atomic mass is 27.0. The molecule has 0 unspecified atom stereocenters. The molecule has 0 amide bonds. The zero-order valence-electron chi connectivity index (χ0n) is 5.45. The first kappa shape index (κ1) is 13.0. The van der Waals surface area contributed by atoms with Crippen molar-refractivity contribution in [2.24, 2.45) is 5.92 Å². The maximum Gasteiger partial charge on any atom is 0.187 e. The normalized spacial score (nSPS) is 9.60. The molecule has 0 spiro atoms. The van der Waals surface area contributed by atoms with Crippen LogP contribution in [0.2, 0.25) is 0 Å². The summed E-state index contributed by atoms with van der Waals surface area (Å²) in [6, 6.07) is 0. The van der Waals surface area contributed by atoms with Gasteiger partial charge in [0.1, 0.15) is 0 Å². The van der Waals surface area contributed by atoms with E-state index < -0.39 is 0 Å². The van der Waals surface area contributed by atoms with Gasteiger partial charge in [-0.2, -0.15) is 0 Å². The molecule has 0 saturated carbocycles. The summed E-state index contributed by atoms with van der Waals surface area (Å²) >= 11 is 0. The molecule has 0 rings (SSSR count). The number of aliphatic hydroxyl groups is 3. The van der Waals surface area contributed by atoms with Gasteiger partial charge in [-0.3, -0.25) is 0 Å². The molecule has 0 radical (unpaired) electrons. The van der Waals surface area contributed by atoms with Crippen LogP contribution < -0.4 is 0 Å². The minimum Gasteiger partial charge on any atom is -0.396 e. The molecule has 0 bridgehead atoms. The molecule has 0 heterocycles. The maximum absolute atomic E-state index is 8.51. The molecule has 62 valence electrons. The van der Waals surface area contributed by atoms with Crippen molar-refractivity contribution in [1.82, 2.24) is 0 Å². The molecular formula is C6H17AlO3. The van der Waals surface area contributed by atoms with Crippen LogP contribution in [0.25, 0.3) is 0 Å². The third-order valence-electron chi connectivity index (χ3n) is 1.29. The molecule has 0 aromatic rings. The number of hydrogen-bond acceptors (Lipinski definition) is 3. The van der Waals surface area contributed by atoms with Crippen molar-refractivity contribution in [3.63, 3.8) is 0 Å². The van der Waals surface area contributed by atoms with Crippen LogP contribution in [0.3, 0.4) is 0 Å². The van der Waals surface area contributed by atoms with E-state index in [1.54, 1.807) is 0 Å². The average Bonchev–Trinajstić information content (AvgIpc) is 1.91. The Morgan fingerprint density at radius 1 is 1.00 bits per heavy atom. The molecular weight excluding hydrogens is 147 g/mol. The van der Waals surface area contributed by atoms with Crippen LogP contribution >= 0.6 is 0 Å². The van der Waals surface area contributed by atoms with Gasteiger partial charge in [-0.1, -0.05) is 0 Å². The van der Waals surface area contributed by atoms with E-state index in [4.69, 9.17) is 15.3 Å². The summed E-state index contributed by atoms with van der Waals surface area (Å²) in [5.74, 6) is -0.0443. The lowest BCUT2D eigenvalue weighted by Gasteiger charge is -2.07. The van der Waals surface area contributed by atoms with E-state index in [0.717, 1.165) is 0 Å². The van der Waals surface area contributed by atoms with Gasteiger partial charge in [-0.25, -0.2) is 0 Å². The second kappa shape index (κ2) is 9.41. The van der Waals surface area contributed by atoms with Crippen molar-refractivity contribution in [2.45, 2.75) is 12.8 Å². The quantitative estimate of drug-likeness (QED) is 0.419. The van der Waals surface area contributed by atoms with Crippen LogP contribution in [0.5, 0.6) is 0 Å². The summed E-state index contributed by atoms with van der Waals surface area (Å²) < 4.78 is 0. The zero-order chi connectivity index (χ0) is 7.11. The van der Waals surface area contributed by atoms with Gasteiger partial charge in [0.25, 0.3) is 0 Å². The Bertz CT molecular complexity index is 57.0. The van der Waals surface area contributed by atoms with Crippen LogP contribution in [0.1, 0.15) is 12.8 Å². The third-order valence-corrected chi connectivity index (χ3v) is 1.29. The molecule has 10 heavy (non-hydrogen) atoms. The molecule has 0 aliphatic heterocycles. The Hall–Kier alpha value is 0.412. The summed E-state index contributed by atoms with van der Waals surface area (Å²) in [6.07, 6.45) is 1.36. The predicted octanol–water partition coefficient (Wildman–Crippen LogP) is -1.82. The first-order valence-electron chi connectivity index (χ1n) is 3.17. The highest BCUT2D eigenvalue weighted by molar-refractivity contribution is 5.75. The van der Waals surface area contributed by atoms with E-state index in [1.807, 2.05) is 0 Å². The fourth-order valence-corrected chi connectivity index (χ4v) is 0.620. The molecule has 0 aromatic carbocycles. The SMILES string of the molecule is OCCCC(CO)CO.[AlH3]. The van der Waals surface area contributed by atoms with E-state index >= 15 is 0 Å². The van der Waals surface area contributed by atoms with Gasteiger partial charge in [0, 0.05) is 25.7 Å². The number of aliphatic hydroxyl groups excluding tert-OH is 3. The monoisotopic (exact) mass is 164 g/mol. The Morgan fingerprint density at radius 3 is 1.80 bits per heavy atom. The standard InChI is InChI=1S/C6H14O3.Al.3H/c7-3-1-2-6(4-8)5-9;;;;/h6-9H,1-5H2;;;;. The topological polar surface area (TPSA) is 60.7 Å². The Balaban J connectivity index is 0. The fourth-order valence-electron chi connectivity index (χ4n) is 0.620. The van der Waals surface area contributed by atoms with Gasteiger partial charge >= 0.3 is 0 Å². The Morgan fingerprint density at radius 2 is 1.50 bits per heavy atom. The molecule has 0 aliphatic rings. The lowest BCUT2D eigenvalue weighted by molar-refractivity contribution is 0.136. The van der Waals surface area contributed by atoms with Gasteiger partial charge in [0.15, 0.2) is 17.4 Å². The summed E-state index contributed by atoms with van der Waals surface area (Å²) in [6.45, 7) is 0.156. The molecule has 3 N–H and O–H groups in total. The summed E-state index contributed by atoms with van der Waals surface area (Å²) in [7, 11) is 0. The van der Waals surface area contributed by atoms with Crippen LogP contribution in [0.4, 0.5) is 0 Å². The van der Waals surface area contributed by atoms with Crippen molar-refractivity contribution in [2.75, 3.05) is 19.8 Å². The lowest BCUT2D eigenvalue weighted by atomic mass is 10.1. The van der Waals surface area contributed by atoms with Crippen LogP contribution in [0, 0.1) is 5.92 Å². The first-order valence-corrected chi connectivity index (χ1v) is 3.17. The smallest absolute Gasteiger partial charge is 0.187 e. The second-order valence-electron chi connectivity index (χ2n) is 2.10. The van der Waals surface area contributed by atoms with Crippen LogP contribution in [0.15, 0.2) is 0 Å². The largest absolute Gasteiger partial charge is 0.396 e. The van der Waals surface area contributed by atoms with Crippen LogP contribution in [-0.4, -0.2) is 52.5 Å². The third kappa shape index (κ3) is 6.53. The van der Waals surface area contributed by atoms with Crippen LogP contribution in [-0.2, 0) is 0 Å². The van der Waals surface area contributed by atoms with Gasteiger partial charge in [0.05, 0.1) is 0 Å². The molecule has 0 aliphatic carbocycles. The average molecular weight is 164 g/mol. The summed E-state index contributed by atoms with van der Waals surface area (Å²) in [5.41, 5.74) is 0. The van der Waals surface area contributed by atoms with Gasteiger partial charge in [0.2, 0.25) is 0 Å². The van der Waals surface area contributed by atoms with Crippen molar-refractivity contribution in [3.05, 3.63) is 0 Å². The predicted molar refractivity (Wildman–Crippen MR) is 43.9 cm³/mol. The van der Waals surface area contributed by atoms with Gasteiger partial charge in [-0.05, 0) is 12.8 Å². The maximum atomic E-state index is 8.51. The Kier molecular flexibility index (Phi) is 12.3. The Labute approximate surface area is 71.8 Å². The van der Waals surface area contributed by atoms with Crippen molar-refractivity contribution >= 4 is 17.4 Å². The first-order chi connectivity index (χ1) is 4.35. The number of rotatable bonds is 5. The molecule has 0 fully saturated rings. The molecule has 0 atom stereocenters. The molecule has 0 saturated heterocycles. The number of hydrogen-bond donors (Lipinski definition) is 3. The van der Waals surface area contributed by atoms with E-state index in [-0.39, 0.29) is 43.1 Å². The van der Waals surface area contributed by atoms with Crippen molar-refractivity contribution in [1.29, 1.82) is 0 Å². The summed E-state index contributed by atoms with van der Waals surface area (Å²) in [5, 5.41) is 25.4. The molecule has 0 aromatic heterocycles. The zero-order valence-corrected chi connectivity index (χ0v) is 5.45. The van der Waals surface area contributed by atoms with Gasteiger partial charge in [-0.15, -0.1) is 0 Å². The lowest BCUT2D eigenvalue weighted by Crippen LogP contribution is -2.11.